The van der Waals surface area contributed by atoms with E-state index in [4.69, 9.17) is 23.9 Å². The van der Waals surface area contributed by atoms with Gasteiger partial charge in [-0.05, 0) is 78.5 Å². The zero-order valence-electron chi connectivity index (χ0n) is 21.7. The summed E-state index contributed by atoms with van der Waals surface area (Å²) >= 11 is 0. The first-order valence-electron chi connectivity index (χ1n) is 12.9. The maximum absolute atomic E-state index is 5.67. The van der Waals surface area contributed by atoms with Gasteiger partial charge in [0.2, 0.25) is 0 Å². The molecule has 3 aliphatic rings. The van der Waals surface area contributed by atoms with E-state index in [2.05, 4.69) is 36.1 Å². The molecule has 3 aliphatic heterocycles. The van der Waals surface area contributed by atoms with Crippen molar-refractivity contribution in [2.45, 2.75) is 45.1 Å². The molecule has 6 heteroatoms. The van der Waals surface area contributed by atoms with Gasteiger partial charge >= 0.3 is 0 Å². The van der Waals surface area contributed by atoms with Crippen LogP contribution >= 0.6 is 0 Å². The fourth-order valence-electron chi connectivity index (χ4n) is 6.43. The Morgan fingerprint density at radius 1 is 0.829 bits per heavy atom. The molecule has 35 heavy (non-hydrogen) atoms. The Bertz CT molecular complexity index is 1110. The first kappa shape index (κ1) is 24.0. The summed E-state index contributed by atoms with van der Waals surface area (Å²) in [6, 6.07) is 9.10. The highest BCUT2D eigenvalue weighted by Gasteiger charge is 2.39. The largest absolute Gasteiger partial charge is 0.493 e. The molecule has 0 spiro atoms. The van der Waals surface area contributed by atoms with Crippen molar-refractivity contribution in [2.24, 2.45) is 16.8 Å². The molecule has 2 aromatic rings. The molecule has 3 atom stereocenters. The first-order chi connectivity index (χ1) is 17.1. The van der Waals surface area contributed by atoms with Crippen molar-refractivity contribution in [1.82, 2.24) is 4.90 Å². The molecule has 188 valence electrons. The minimum absolute atomic E-state index is 0.417. The Morgan fingerprint density at radius 3 is 2.17 bits per heavy atom. The van der Waals surface area contributed by atoms with Crippen LogP contribution in [0.3, 0.4) is 0 Å². The van der Waals surface area contributed by atoms with Crippen molar-refractivity contribution >= 4 is 5.71 Å². The number of hydrogen-bond acceptors (Lipinski definition) is 6. The van der Waals surface area contributed by atoms with Gasteiger partial charge in [0.15, 0.2) is 23.0 Å². The maximum Gasteiger partial charge on any atom is 0.161 e. The van der Waals surface area contributed by atoms with Gasteiger partial charge in [0.05, 0.1) is 28.4 Å². The minimum atomic E-state index is 0.417. The zero-order valence-corrected chi connectivity index (χ0v) is 21.7. The SMILES string of the molecule is CC[C@@H]1CN2CCc3cc(OC)c(OC)cc3[C@@H]2C[C@@H]1CC1=NCCc2cc(OC)c(OC)cc21. The lowest BCUT2D eigenvalue weighted by Crippen LogP contribution is -2.46. The van der Waals surface area contributed by atoms with Crippen molar-refractivity contribution in [3.8, 4) is 23.0 Å². The topological polar surface area (TPSA) is 52.5 Å². The summed E-state index contributed by atoms with van der Waals surface area (Å²) in [4.78, 5) is 7.73. The summed E-state index contributed by atoms with van der Waals surface area (Å²) in [7, 11) is 6.85. The zero-order chi connectivity index (χ0) is 24.5. The molecule has 5 rings (SSSR count). The molecule has 6 nitrogen and oxygen atoms in total. The van der Waals surface area contributed by atoms with Gasteiger partial charge < -0.3 is 18.9 Å². The van der Waals surface area contributed by atoms with Gasteiger partial charge in [-0.25, -0.2) is 0 Å². The average molecular weight is 479 g/mol. The van der Waals surface area contributed by atoms with E-state index < -0.39 is 0 Å². The monoisotopic (exact) mass is 478 g/mol. The minimum Gasteiger partial charge on any atom is -0.493 e. The van der Waals surface area contributed by atoms with Gasteiger partial charge in [-0.2, -0.15) is 0 Å². The van der Waals surface area contributed by atoms with Gasteiger partial charge in [0, 0.05) is 37.0 Å². The van der Waals surface area contributed by atoms with Crippen molar-refractivity contribution in [3.05, 3.63) is 46.5 Å². The molecular formula is C29H38N2O4. The van der Waals surface area contributed by atoms with Crippen molar-refractivity contribution < 1.29 is 18.9 Å². The summed E-state index contributed by atoms with van der Waals surface area (Å²) in [5, 5.41) is 0. The van der Waals surface area contributed by atoms with Gasteiger partial charge in [-0.15, -0.1) is 0 Å². The summed E-state index contributed by atoms with van der Waals surface area (Å²) in [5.41, 5.74) is 6.59. The Kier molecular flexibility index (Phi) is 6.92. The molecule has 3 heterocycles. The Balaban J connectivity index is 1.44. The smallest absolute Gasteiger partial charge is 0.161 e. The standard InChI is InChI=1S/C29H38N2O4/c1-6-18-17-31-10-8-20-14-27(33-3)29(35-5)16-23(20)25(31)12-21(18)11-24-22-15-28(34-4)26(32-2)13-19(22)7-9-30-24/h13-16,18,21,25H,6-12,17H2,1-5H3/t18-,21+,25+/m1/s1. The molecule has 1 saturated heterocycles. The predicted octanol–water partition coefficient (Wildman–Crippen LogP) is 5.10. The highest BCUT2D eigenvalue weighted by Crippen LogP contribution is 2.46. The summed E-state index contributed by atoms with van der Waals surface area (Å²) < 4.78 is 22.4. The summed E-state index contributed by atoms with van der Waals surface area (Å²) in [5.74, 6) is 4.49. The van der Waals surface area contributed by atoms with Crippen LogP contribution in [0, 0.1) is 11.8 Å². The third-order valence-corrected chi connectivity index (χ3v) is 8.36. The van der Waals surface area contributed by atoms with E-state index in [1.54, 1.807) is 28.4 Å². The van der Waals surface area contributed by atoms with E-state index in [0.29, 0.717) is 17.9 Å². The number of hydrogen-bond donors (Lipinski definition) is 0. The van der Waals surface area contributed by atoms with Crippen LogP contribution in [0.15, 0.2) is 29.3 Å². The number of piperidine rings is 1. The second-order valence-electron chi connectivity index (χ2n) is 9.98. The number of ether oxygens (including phenoxy) is 4. The molecule has 0 amide bonds. The molecule has 1 fully saturated rings. The van der Waals surface area contributed by atoms with E-state index in [9.17, 15) is 0 Å². The van der Waals surface area contributed by atoms with E-state index in [-0.39, 0.29) is 0 Å². The highest BCUT2D eigenvalue weighted by atomic mass is 16.5. The molecular weight excluding hydrogens is 440 g/mol. The normalized spacial score (nSPS) is 23.5. The molecule has 0 radical (unpaired) electrons. The second-order valence-corrected chi connectivity index (χ2v) is 9.98. The van der Waals surface area contributed by atoms with E-state index >= 15 is 0 Å². The van der Waals surface area contributed by atoms with Crippen LogP contribution in [0.25, 0.3) is 0 Å². The molecule has 0 aliphatic carbocycles. The van der Waals surface area contributed by atoms with Gasteiger partial charge in [-0.1, -0.05) is 13.3 Å². The number of rotatable bonds is 7. The van der Waals surface area contributed by atoms with Crippen LogP contribution in [0.5, 0.6) is 23.0 Å². The lowest BCUT2D eigenvalue weighted by Gasteiger charge is -2.47. The molecule has 2 aromatic carbocycles. The first-order valence-corrected chi connectivity index (χ1v) is 12.9. The second kappa shape index (κ2) is 10.1. The number of aliphatic imine (C=N–C) groups is 1. The Morgan fingerprint density at radius 2 is 1.49 bits per heavy atom. The predicted molar refractivity (Wildman–Crippen MR) is 139 cm³/mol. The fraction of sp³-hybridized carbons (Fsp3) is 0.552. The molecule has 0 bridgehead atoms. The average Bonchev–Trinajstić information content (AvgIpc) is 2.91. The lowest BCUT2D eigenvalue weighted by molar-refractivity contribution is 0.0546. The Labute approximate surface area is 209 Å². The van der Waals surface area contributed by atoms with Gasteiger partial charge in [0.25, 0.3) is 0 Å². The van der Waals surface area contributed by atoms with Crippen LogP contribution in [0.2, 0.25) is 0 Å². The quantitative estimate of drug-likeness (QED) is 0.554. The van der Waals surface area contributed by atoms with E-state index in [1.807, 2.05) is 0 Å². The molecule has 0 aromatic heterocycles. The van der Waals surface area contributed by atoms with Crippen LogP contribution in [-0.2, 0) is 12.8 Å². The van der Waals surface area contributed by atoms with Crippen molar-refractivity contribution in [3.63, 3.8) is 0 Å². The third-order valence-electron chi connectivity index (χ3n) is 8.36. The van der Waals surface area contributed by atoms with Crippen LogP contribution < -0.4 is 18.9 Å². The van der Waals surface area contributed by atoms with Gasteiger partial charge in [0.1, 0.15) is 0 Å². The van der Waals surface area contributed by atoms with Crippen LogP contribution in [0.4, 0.5) is 0 Å². The molecule has 0 N–H and O–H groups in total. The number of fused-ring (bicyclic) bond motifs is 4. The Hall–Kier alpha value is -2.73. The van der Waals surface area contributed by atoms with E-state index in [1.165, 1.54) is 34.4 Å². The highest BCUT2D eigenvalue weighted by molar-refractivity contribution is 6.03. The summed E-state index contributed by atoms with van der Waals surface area (Å²) in [6.45, 7) is 5.44. The van der Waals surface area contributed by atoms with Crippen LogP contribution in [0.1, 0.15) is 54.5 Å². The maximum atomic E-state index is 5.67. The fourth-order valence-corrected chi connectivity index (χ4v) is 6.43. The lowest BCUT2D eigenvalue weighted by atomic mass is 9.73. The number of nitrogens with zero attached hydrogens (tertiary/aromatic N) is 2. The molecule has 0 saturated carbocycles. The number of benzene rings is 2. The van der Waals surface area contributed by atoms with Crippen LogP contribution in [-0.4, -0.2) is 58.7 Å². The van der Waals surface area contributed by atoms with Gasteiger partial charge in [-0.3, -0.25) is 9.89 Å². The number of methoxy groups -OCH3 is 4. The summed E-state index contributed by atoms with van der Waals surface area (Å²) in [6.07, 6.45) is 5.36. The van der Waals surface area contributed by atoms with Crippen molar-refractivity contribution in [1.29, 1.82) is 0 Å². The van der Waals surface area contributed by atoms with Crippen molar-refractivity contribution in [2.75, 3.05) is 48.1 Å². The third kappa shape index (κ3) is 4.37. The molecule has 0 unspecified atom stereocenters. The van der Waals surface area contributed by atoms with E-state index in [0.717, 1.165) is 68.3 Å².